The molecule has 0 radical (unpaired) electrons. The highest BCUT2D eigenvalue weighted by Gasteiger charge is 2.23. The summed E-state index contributed by atoms with van der Waals surface area (Å²) in [7, 11) is 1.26. The van der Waals surface area contributed by atoms with Crippen LogP contribution >= 0.6 is 0 Å². The monoisotopic (exact) mass is 205 g/mol. The third-order valence-electron chi connectivity index (χ3n) is 1.60. The van der Waals surface area contributed by atoms with Gasteiger partial charge in [-0.3, -0.25) is 0 Å². The van der Waals surface area contributed by atoms with Gasteiger partial charge in [0.25, 0.3) is 0 Å². The molecule has 6 heteroatoms. The number of alkyl carbamates (subject to hydrolysis) is 1. The highest BCUT2D eigenvalue weighted by Crippen LogP contribution is 2.08. The molecule has 0 aromatic carbocycles. The molecule has 0 aromatic rings. The first-order chi connectivity index (χ1) is 6.33. The van der Waals surface area contributed by atoms with E-state index in [2.05, 4.69) is 5.32 Å². The van der Waals surface area contributed by atoms with Gasteiger partial charge < -0.3 is 19.2 Å². The molecule has 0 saturated carbocycles. The van der Waals surface area contributed by atoms with Crippen LogP contribution in [0.4, 0.5) is 4.79 Å². The smallest absolute Gasteiger partial charge is 0.407 e. The maximum atomic E-state index is 10.9. The van der Waals surface area contributed by atoms with Crippen molar-refractivity contribution in [3.05, 3.63) is 0 Å². The lowest BCUT2D eigenvalue weighted by molar-refractivity contribution is 0.136. The fourth-order valence-electron chi connectivity index (χ4n) is 0.791. The Kier molecular flexibility index (Phi) is 4.80. The summed E-state index contributed by atoms with van der Waals surface area (Å²) in [5.74, 6) is 0. The number of rotatable bonds is 6. The number of ether oxygens (including phenoxy) is 2. The molecule has 1 aliphatic rings. The summed E-state index contributed by atoms with van der Waals surface area (Å²) in [6, 6.07) is 0.936. The Labute approximate surface area is 79.7 Å². The summed E-state index contributed by atoms with van der Waals surface area (Å²) < 4.78 is 14.7. The van der Waals surface area contributed by atoms with Crippen LogP contribution < -0.4 is 5.32 Å². The molecule has 1 fully saturated rings. The Hall–Kier alpha value is -0.593. The Morgan fingerprint density at radius 2 is 2.54 bits per heavy atom. The van der Waals surface area contributed by atoms with Crippen molar-refractivity contribution in [2.45, 2.75) is 12.1 Å². The van der Waals surface area contributed by atoms with Crippen molar-refractivity contribution in [2.75, 3.05) is 26.9 Å². The molecule has 0 aromatic heterocycles. The number of hydrogen-bond acceptors (Lipinski definition) is 4. The van der Waals surface area contributed by atoms with E-state index >= 15 is 0 Å². The summed E-state index contributed by atoms with van der Waals surface area (Å²) in [5.41, 5.74) is 0. The van der Waals surface area contributed by atoms with Crippen LogP contribution in [0.3, 0.4) is 0 Å². The summed E-state index contributed by atoms with van der Waals surface area (Å²) in [6.07, 6.45) is -0.222. The highest BCUT2D eigenvalue weighted by atomic mass is 28.2. The second-order valence-electron chi connectivity index (χ2n) is 2.83. The molecule has 1 unspecified atom stereocenters. The third-order valence-corrected chi connectivity index (χ3v) is 2.65. The van der Waals surface area contributed by atoms with Gasteiger partial charge in [-0.25, -0.2) is 4.79 Å². The molecule has 5 nitrogen and oxygen atoms in total. The van der Waals surface area contributed by atoms with E-state index < -0.39 is 9.76 Å². The summed E-state index contributed by atoms with van der Waals surface area (Å²) in [6.45, 7) is 1.72. The normalized spacial score (nSPS) is 20.5. The Balaban J connectivity index is 1.84. The number of epoxide rings is 1. The van der Waals surface area contributed by atoms with Crippen LogP contribution in [0.25, 0.3) is 0 Å². The lowest BCUT2D eigenvalue weighted by Gasteiger charge is -2.04. The van der Waals surface area contributed by atoms with Crippen molar-refractivity contribution < 1.29 is 18.7 Å². The molecule has 1 N–H and O–H groups in total. The van der Waals surface area contributed by atoms with Crippen LogP contribution in [0.5, 0.6) is 0 Å². The van der Waals surface area contributed by atoms with Gasteiger partial charge in [0, 0.05) is 13.7 Å². The van der Waals surface area contributed by atoms with Crippen LogP contribution in [-0.2, 0) is 13.9 Å². The fourth-order valence-corrected chi connectivity index (χ4v) is 1.40. The Morgan fingerprint density at radius 1 is 1.77 bits per heavy atom. The van der Waals surface area contributed by atoms with Crippen molar-refractivity contribution >= 4 is 15.9 Å². The van der Waals surface area contributed by atoms with Gasteiger partial charge in [-0.15, -0.1) is 0 Å². The van der Waals surface area contributed by atoms with Gasteiger partial charge in [-0.1, -0.05) is 0 Å². The zero-order chi connectivity index (χ0) is 9.52. The van der Waals surface area contributed by atoms with Crippen LogP contribution in [0.2, 0.25) is 6.04 Å². The lowest BCUT2D eigenvalue weighted by atomic mass is 10.5. The van der Waals surface area contributed by atoms with Gasteiger partial charge in [0.15, 0.2) is 9.76 Å². The first-order valence-corrected chi connectivity index (χ1v) is 5.92. The largest absolute Gasteiger partial charge is 0.447 e. The topological polar surface area (TPSA) is 60.1 Å². The van der Waals surface area contributed by atoms with Crippen molar-refractivity contribution in [1.29, 1.82) is 0 Å². The van der Waals surface area contributed by atoms with E-state index in [0.717, 1.165) is 6.04 Å². The van der Waals surface area contributed by atoms with Crippen LogP contribution in [0.1, 0.15) is 0 Å². The van der Waals surface area contributed by atoms with Gasteiger partial charge in [0.2, 0.25) is 0 Å². The summed E-state index contributed by atoms with van der Waals surface area (Å²) >= 11 is 0. The van der Waals surface area contributed by atoms with E-state index in [0.29, 0.717) is 19.8 Å². The predicted molar refractivity (Wildman–Crippen MR) is 49.5 cm³/mol. The molecule has 1 aliphatic heterocycles. The van der Waals surface area contributed by atoms with Gasteiger partial charge in [-0.05, 0) is 6.04 Å². The second-order valence-corrected chi connectivity index (χ2v) is 4.52. The van der Waals surface area contributed by atoms with Crippen LogP contribution in [0.15, 0.2) is 0 Å². The maximum Gasteiger partial charge on any atom is 0.407 e. The minimum atomic E-state index is -0.433. The first-order valence-electron chi connectivity index (χ1n) is 4.34. The van der Waals surface area contributed by atoms with Crippen molar-refractivity contribution in [1.82, 2.24) is 5.32 Å². The summed E-state index contributed by atoms with van der Waals surface area (Å²) in [5, 5.41) is 2.64. The number of nitrogens with one attached hydrogen (secondary N) is 1. The minimum absolute atomic E-state index is 0.138. The zero-order valence-corrected chi connectivity index (χ0v) is 9.16. The third kappa shape index (κ3) is 5.62. The number of amides is 1. The van der Waals surface area contributed by atoms with Gasteiger partial charge in [-0.2, -0.15) is 0 Å². The average Bonchev–Trinajstić information content (AvgIpc) is 2.92. The molecule has 13 heavy (non-hydrogen) atoms. The van der Waals surface area contributed by atoms with Crippen molar-refractivity contribution in [2.24, 2.45) is 0 Å². The maximum absolute atomic E-state index is 10.9. The molecule has 1 heterocycles. The second kappa shape index (κ2) is 5.95. The quantitative estimate of drug-likeness (QED) is 0.352. The molecule has 1 amide bonds. The van der Waals surface area contributed by atoms with Crippen LogP contribution in [-0.4, -0.2) is 48.8 Å². The lowest BCUT2D eigenvalue weighted by Crippen LogP contribution is -2.27. The average molecular weight is 205 g/mol. The molecular formula is C7H15NO4Si. The number of carbonyl (C=O) groups is 1. The molecule has 1 rings (SSSR count). The van der Waals surface area contributed by atoms with Crippen LogP contribution in [0, 0.1) is 0 Å². The first kappa shape index (κ1) is 10.5. The van der Waals surface area contributed by atoms with Crippen molar-refractivity contribution in [3.8, 4) is 0 Å². The predicted octanol–water partition coefficient (Wildman–Crippen LogP) is -0.740. The van der Waals surface area contributed by atoms with E-state index in [4.69, 9.17) is 13.9 Å². The van der Waals surface area contributed by atoms with E-state index in [1.807, 2.05) is 0 Å². The minimum Gasteiger partial charge on any atom is -0.447 e. The van der Waals surface area contributed by atoms with E-state index in [1.54, 1.807) is 7.11 Å². The molecule has 1 saturated heterocycles. The zero-order valence-electron chi connectivity index (χ0n) is 7.75. The molecule has 0 spiro atoms. The SMILES string of the molecule is CO[SiH2]CCNC(=O)OCC1CO1. The van der Waals surface area contributed by atoms with Gasteiger partial charge in [0.05, 0.1) is 6.61 Å². The van der Waals surface area contributed by atoms with Gasteiger partial charge >= 0.3 is 6.09 Å². The Morgan fingerprint density at radius 3 is 3.15 bits per heavy atom. The number of carbonyl (C=O) groups excluding carboxylic acids is 1. The standard InChI is InChI=1S/C7H15NO4Si/c1-10-13-3-2-8-7(9)12-5-6-4-11-6/h6H,2-5,13H2,1H3,(H,8,9). The van der Waals surface area contributed by atoms with E-state index in [9.17, 15) is 4.79 Å². The van der Waals surface area contributed by atoms with Gasteiger partial charge in [0.1, 0.15) is 12.7 Å². The molecule has 0 bridgehead atoms. The van der Waals surface area contributed by atoms with Crippen molar-refractivity contribution in [3.63, 3.8) is 0 Å². The molecule has 1 atom stereocenters. The number of hydrogen-bond donors (Lipinski definition) is 1. The van der Waals surface area contributed by atoms with E-state index in [-0.39, 0.29) is 12.2 Å². The molecule has 0 aliphatic carbocycles. The fraction of sp³-hybridized carbons (Fsp3) is 0.857. The van der Waals surface area contributed by atoms with E-state index in [1.165, 1.54) is 0 Å². The highest BCUT2D eigenvalue weighted by molar-refractivity contribution is 6.27. The molecular weight excluding hydrogens is 190 g/mol. The summed E-state index contributed by atoms with van der Waals surface area (Å²) in [4.78, 5) is 10.9. The molecule has 76 valence electrons. The Bertz CT molecular complexity index is 163.